The Labute approximate surface area is 141 Å². The highest BCUT2D eigenvalue weighted by Gasteiger charge is 2.12. The number of carbonyl (C=O) groups is 2. The van der Waals surface area contributed by atoms with Crippen LogP contribution in [-0.2, 0) is 0 Å². The predicted octanol–water partition coefficient (Wildman–Crippen LogP) is 4.81. The molecule has 0 heterocycles. The van der Waals surface area contributed by atoms with Gasteiger partial charge >= 0.3 is 0 Å². The molecule has 0 aliphatic rings. The molecule has 3 aromatic carbocycles. The zero-order chi connectivity index (χ0) is 16.9. The highest BCUT2D eigenvalue weighted by molar-refractivity contribution is 6.08. The normalized spacial score (nSPS) is 10.2. The third-order valence-corrected chi connectivity index (χ3v) is 3.81. The molecule has 0 aliphatic heterocycles. The van der Waals surface area contributed by atoms with Gasteiger partial charge in [-0.1, -0.05) is 48.5 Å². The van der Waals surface area contributed by atoms with Gasteiger partial charge in [0.25, 0.3) is 5.91 Å². The van der Waals surface area contributed by atoms with Crippen LogP contribution in [0.1, 0.15) is 27.6 Å². The van der Waals surface area contributed by atoms with E-state index in [1.54, 1.807) is 24.3 Å². The summed E-state index contributed by atoms with van der Waals surface area (Å²) in [5.74, 6) is -0.174. The summed E-state index contributed by atoms with van der Waals surface area (Å²) in [7, 11) is 0. The highest BCUT2D eigenvalue weighted by Crippen LogP contribution is 2.24. The quantitative estimate of drug-likeness (QED) is 0.702. The van der Waals surface area contributed by atoms with E-state index in [1.165, 1.54) is 6.92 Å². The van der Waals surface area contributed by atoms with Gasteiger partial charge in [0, 0.05) is 16.8 Å². The second-order valence-electron chi connectivity index (χ2n) is 5.50. The summed E-state index contributed by atoms with van der Waals surface area (Å²) >= 11 is 0. The van der Waals surface area contributed by atoms with Gasteiger partial charge in [0.2, 0.25) is 0 Å². The molecular formula is C21H17NO2. The minimum atomic E-state index is -0.176. The first-order valence-electron chi connectivity index (χ1n) is 7.72. The highest BCUT2D eigenvalue weighted by atomic mass is 16.1. The summed E-state index contributed by atoms with van der Waals surface area (Å²) in [5, 5.41) is 2.88. The maximum absolute atomic E-state index is 12.6. The number of benzene rings is 3. The number of carbonyl (C=O) groups excluding carboxylic acids is 2. The zero-order valence-corrected chi connectivity index (χ0v) is 13.3. The van der Waals surface area contributed by atoms with Crippen LogP contribution < -0.4 is 5.32 Å². The molecule has 1 N–H and O–H groups in total. The fourth-order valence-corrected chi connectivity index (χ4v) is 2.54. The Hall–Kier alpha value is -3.20. The molecule has 3 heteroatoms. The molecule has 3 nitrogen and oxygen atoms in total. The van der Waals surface area contributed by atoms with Crippen LogP contribution >= 0.6 is 0 Å². The van der Waals surface area contributed by atoms with Crippen LogP contribution in [0.5, 0.6) is 0 Å². The maximum atomic E-state index is 12.6. The molecule has 0 unspecified atom stereocenters. The van der Waals surface area contributed by atoms with E-state index in [2.05, 4.69) is 5.32 Å². The SMILES string of the molecule is CC(=O)c1ccc(NC(=O)c2ccccc2-c2ccccc2)cc1. The number of hydrogen-bond donors (Lipinski definition) is 1. The lowest BCUT2D eigenvalue weighted by Gasteiger charge is -2.10. The Kier molecular flexibility index (Phi) is 4.52. The number of ketones is 1. The fraction of sp³-hybridized carbons (Fsp3) is 0.0476. The third-order valence-electron chi connectivity index (χ3n) is 3.81. The summed E-state index contributed by atoms with van der Waals surface area (Å²) < 4.78 is 0. The Morgan fingerprint density at radius 1 is 0.750 bits per heavy atom. The van der Waals surface area contributed by atoms with E-state index < -0.39 is 0 Å². The monoisotopic (exact) mass is 315 g/mol. The first kappa shape index (κ1) is 15.7. The van der Waals surface area contributed by atoms with E-state index in [1.807, 2.05) is 54.6 Å². The molecule has 0 fully saturated rings. The van der Waals surface area contributed by atoms with E-state index in [4.69, 9.17) is 0 Å². The van der Waals surface area contributed by atoms with Crippen molar-refractivity contribution in [3.05, 3.63) is 90.0 Å². The van der Waals surface area contributed by atoms with Crippen molar-refractivity contribution in [2.45, 2.75) is 6.92 Å². The standard InChI is InChI=1S/C21H17NO2/c1-15(23)16-11-13-18(14-12-16)22-21(24)20-10-6-5-9-19(20)17-7-3-2-4-8-17/h2-14H,1H3,(H,22,24). The second kappa shape index (κ2) is 6.92. The average Bonchev–Trinajstić information content (AvgIpc) is 2.63. The van der Waals surface area contributed by atoms with Crippen molar-refractivity contribution >= 4 is 17.4 Å². The van der Waals surface area contributed by atoms with Gasteiger partial charge in [-0.2, -0.15) is 0 Å². The molecule has 3 rings (SSSR count). The molecule has 0 saturated carbocycles. The number of hydrogen-bond acceptors (Lipinski definition) is 2. The topological polar surface area (TPSA) is 46.2 Å². The summed E-state index contributed by atoms with van der Waals surface area (Å²) in [6.07, 6.45) is 0. The lowest BCUT2D eigenvalue weighted by molar-refractivity contribution is 0.101. The van der Waals surface area contributed by atoms with Gasteiger partial charge in [0.15, 0.2) is 5.78 Å². The van der Waals surface area contributed by atoms with Gasteiger partial charge in [0.05, 0.1) is 0 Å². The van der Waals surface area contributed by atoms with Gasteiger partial charge in [0.1, 0.15) is 0 Å². The number of anilines is 1. The van der Waals surface area contributed by atoms with Crippen LogP contribution in [0.25, 0.3) is 11.1 Å². The minimum absolute atomic E-state index is 0.00213. The smallest absolute Gasteiger partial charge is 0.256 e. The molecule has 0 radical (unpaired) electrons. The zero-order valence-electron chi connectivity index (χ0n) is 13.3. The van der Waals surface area contributed by atoms with Crippen molar-refractivity contribution in [2.24, 2.45) is 0 Å². The summed E-state index contributed by atoms with van der Waals surface area (Å²) in [6.45, 7) is 1.52. The molecule has 24 heavy (non-hydrogen) atoms. The van der Waals surface area contributed by atoms with E-state index in [0.717, 1.165) is 11.1 Å². The van der Waals surface area contributed by atoms with E-state index in [9.17, 15) is 9.59 Å². The van der Waals surface area contributed by atoms with Crippen molar-refractivity contribution in [2.75, 3.05) is 5.32 Å². The Morgan fingerprint density at radius 2 is 1.38 bits per heavy atom. The van der Waals surface area contributed by atoms with Crippen LogP contribution in [0, 0.1) is 0 Å². The first-order chi connectivity index (χ1) is 11.6. The molecule has 0 bridgehead atoms. The molecule has 0 saturated heterocycles. The average molecular weight is 315 g/mol. The van der Waals surface area contributed by atoms with Crippen LogP contribution in [0.3, 0.4) is 0 Å². The summed E-state index contributed by atoms with van der Waals surface area (Å²) in [5.41, 5.74) is 3.77. The summed E-state index contributed by atoms with van der Waals surface area (Å²) in [6, 6.07) is 24.2. The number of Topliss-reactive ketones (excluding diaryl/α,β-unsaturated/α-hetero) is 1. The number of nitrogens with one attached hydrogen (secondary N) is 1. The van der Waals surface area contributed by atoms with Crippen LogP contribution in [-0.4, -0.2) is 11.7 Å². The molecule has 0 aliphatic carbocycles. The third kappa shape index (κ3) is 3.41. The number of rotatable bonds is 4. The van der Waals surface area contributed by atoms with Crippen LogP contribution in [0.15, 0.2) is 78.9 Å². The van der Waals surface area contributed by atoms with Gasteiger partial charge in [-0.05, 0) is 48.4 Å². The van der Waals surface area contributed by atoms with Crippen molar-refractivity contribution in [3.8, 4) is 11.1 Å². The Balaban J connectivity index is 1.87. The van der Waals surface area contributed by atoms with Gasteiger partial charge < -0.3 is 5.32 Å². The van der Waals surface area contributed by atoms with Crippen molar-refractivity contribution < 1.29 is 9.59 Å². The van der Waals surface area contributed by atoms with Gasteiger partial charge in [-0.25, -0.2) is 0 Å². The lowest BCUT2D eigenvalue weighted by atomic mass is 9.99. The molecule has 0 atom stereocenters. The van der Waals surface area contributed by atoms with Crippen molar-refractivity contribution in [1.29, 1.82) is 0 Å². The van der Waals surface area contributed by atoms with Crippen molar-refractivity contribution in [1.82, 2.24) is 0 Å². The second-order valence-corrected chi connectivity index (χ2v) is 5.50. The van der Waals surface area contributed by atoms with Crippen LogP contribution in [0.4, 0.5) is 5.69 Å². The molecule has 118 valence electrons. The maximum Gasteiger partial charge on any atom is 0.256 e. The van der Waals surface area contributed by atoms with Crippen molar-refractivity contribution in [3.63, 3.8) is 0 Å². The van der Waals surface area contributed by atoms with Crippen LogP contribution in [0.2, 0.25) is 0 Å². The van der Waals surface area contributed by atoms with Gasteiger partial charge in [-0.3, -0.25) is 9.59 Å². The Morgan fingerprint density at radius 3 is 2.04 bits per heavy atom. The van der Waals surface area contributed by atoms with E-state index in [-0.39, 0.29) is 11.7 Å². The van der Waals surface area contributed by atoms with E-state index in [0.29, 0.717) is 16.8 Å². The minimum Gasteiger partial charge on any atom is -0.322 e. The molecule has 3 aromatic rings. The largest absolute Gasteiger partial charge is 0.322 e. The number of amides is 1. The predicted molar refractivity (Wildman–Crippen MR) is 96.3 cm³/mol. The molecule has 1 amide bonds. The first-order valence-corrected chi connectivity index (χ1v) is 7.72. The molecule has 0 aromatic heterocycles. The fourth-order valence-electron chi connectivity index (χ4n) is 2.54. The lowest BCUT2D eigenvalue weighted by Crippen LogP contribution is -2.13. The van der Waals surface area contributed by atoms with Gasteiger partial charge in [-0.15, -0.1) is 0 Å². The van der Waals surface area contributed by atoms with E-state index >= 15 is 0 Å². The molecular weight excluding hydrogens is 298 g/mol. The summed E-state index contributed by atoms with van der Waals surface area (Å²) in [4.78, 5) is 24.0. The molecule has 0 spiro atoms. The Bertz CT molecular complexity index is 868.